The summed E-state index contributed by atoms with van der Waals surface area (Å²) in [6.45, 7) is 2.19. The zero-order chi connectivity index (χ0) is 17.2. The number of fused-ring (bicyclic) bond motifs is 1. The van der Waals surface area contributed by atoms with E-state index in [2.05, 4.69) is 15.0 Å². The van der Waals surface area contributed by atoms with Crippen LogP contribution in [-0.2, 0) is 13.1 Å². The highest BCUT2D eigenvalue weighted by atomic mass is 19.3. The van der Waals surface area contributed by atoms with Gasteiger partial charge < -0.3 is 4.42 Å². The van der Waals surface area contributed by atoms with Crippen molar-refractivity contribution in [1.82, 2.24) is 19.7 Å². The van der Waals surface area contributed by atoms with Gasteiger partial charge in [-0.15, -0.1) is 0 Å². The minimum Gasteiger partial charge on any atom is -0.440 e. The molecule has 0 saturated carbocycles. The van der Waals surface area contributed by atoms with Crippen molar-refractivity contribution in [3.8, 4) is 0 Å². The van der Waals surface area contributed by atoms with Crippen LogP contribution in [0.5, 0.6) is 0 Å². The lowest BCUT2D eigenvalue weighted by molar-refractivity contribution is 0.121. The molecule has 0 N–H and O–H groups in total. The van der Waals surface area contributed by atoms with Crippen LogP contribution >= 0.6 is 0 Å². The lowest BCUT2D eigenvalue weighted by atomic mass is 9.98. The monoisotopic (exact) mass is 346 g/mol. The van der Waals surface area contributed by atoms with Gasteiger partial charge in [-0.2, -0.15) is 5.10 Å². The molecule has 25 heavy (non-hydrogen) atoms. The fourth-order valence-corrected chi connectivity index (χ4v) is 3.45. The minimum atomic E-state index is -2.38. The van der Waals surface area contributed by atoms with Gasteiger partial charge in [-0.25, -0.2) is 13.8 Å². The van der Waals surface area contributed by atoms with Crippen molar-refractivity contribution in [2.24, 2.45) is 0 Å². The molecule has 1 aliphatic heterocycles. The third kappa shape index (κ3) is 3.71. The summed E-state index contributed by atoms with van der Waals surface area (Å²) in [6.07, 6.45) is 3.11. The Morgan fingerprint density at radius 2 is 2.16 bits per heavy atom. The highest BCUT2D eigenvalue weighted by Crippen LogP contribution is 2.29. The zero-order valence-electron chi connectivity index (χ0n) is 13.8. The fourth-order valence-electron chi connectivity index (χ4n) is 3.45. The number of benzene rings is 1. The van der Waals surface area contributed by atoms with Crippen LogP contribution in [0.1, 0.15) is 30.2 Å². The fraction of sp³-hybridized carbons (Fsp3) is 0.444. The zero-order valence-corrected chi connectivity index (χ0v) is 13.8. The van der Waals surface area contributed by atoms with Crippen LogP contribution in [0, 0.1) is 0 Å². The maximum atomic E-state index is 12.4. The predicted octanol–water partition coefficient (Wildman–Crippen LogP) is 3.67. The number of likely N-dealkylation sites (tertiary alicyclic amines) is 1. The van der Waals surface area contributed by atoms with E-state index < -0.39 is 6.43 Å². The Balaban J connectivity index is 1.43. The second-order valence-corrected chi connectivity index (χ2v) is 6.56. The molecule has 3 heterocycles. The first kappa shape index (κ1) is 16.2. The number of hydrogen-bond donors (Lipinski definition) is 0. The van der Waals surface area contributed by atoms with Gasteiger partial charge in [-0.1, -0.05) is 12.1 Å². The molecule has 1 aromatic carbocycles. The van der Waals surface area contributed by atoms with Crippen molar-refractivity contribution in [2.45, 2.75) is 38.3 Å². The Labute approximate surface area is 144 Å². The van der Waals surface area contributed by atoms with Gasteiger partial charge in [0.25, 0.3) is 6.43 Å². The number of rotatable bonds is 5. The van der Waals surface area contributed by atoms with Crippen LogP contribution in [0.2, 0.25) is 0 Å². The Morgan fingerprint density at radius 1 is 1.28 bits per heavy atom. The summed E-state index contributed by atoms with van der Waals surface area (Å²) in [5.74, 6) is 1.05. The molecule has 0 spiro atoms. The summed E-state index contributed by atoms with van der Waals surface area (Å²) >= 11 is 0. The molecule has 3 aromatic rings. The molecule has 1 aliphatic rings. The van der Waals surface area contributed by atoms with E-state index >= 15 is 0 Å². The topological polar surface area (TPSA) is 47.1 Å². The van der Waals surface area contributed by atoms with Gasteiger partial charge >= 0.3 is 0 Å². The van der Waals surface area contributed by atoms with Crippen molar-refractivity contribution in [2.75, 3.05) is 13.1 Å². The van der Waals surface area contributed by atoms with Crippen LogP contribution in [0.15, 0.2) is 41.1 Å². The summed E-state index contributed by atoms with van der Waals surface area (Å²) in [5, 5.41) is 4.01. The lowest BCUT2D eigenvalue weighted by Crippen LogP contribution is -2.33. The molecule has 132 valence electrons. The number of oxazole rings is 1. The smallest absolute Gasteiger partial charge is 0.257 e. The van der Waals surface area contributed by atoms with Crippen molar-refractivity contribution >= 4 is 11.1 Å². The Hall–Kier alpha value is -2.28. The number of halogens is 2. The average molecular weight is 346 g/mol. The largest absolute Gasteiger partial charge is 0.440 e. The van der Waals surface area contributed by atoms with Gasteiger partial charge in [0, 0.05) is 30.8 Å². The van der Waals surface area contributed by atoms with E-state index in [9.17, 15) is 8.78 Å². The van der Waals surface area contributed by atoms with E-state index in [1.54, 1.807) is 12.4 Å². The first-order chi connectivity index (χ1) is 12.2. The van der Waals surface area contributed by atoms with Crippen molar-refractivity contribution in [1.29, 1.82) is 0 Å². The summed E-state index contributed by atoms with van der Waals surface area (Å²) in [7, 11) is 0. The maximum absolute atomic E-state index is 12.4. The maximum Gasteiger partial charge on any atom is 0.257 e. The molecule has 1 unspecified atom stereocenters. The summed E-state index contributed by atoms with van der Waals surface area (Å²) in [6, 6.07) is 7.80. The molecule has 0 bridgehead atoms. The molecule has 2 aromatic heterocycles. The molecule has 0 aliphatic carbocycles. The second-order valence-electron chi connectivity index (χ2n) is 6.56. The van der Waals surface area contributed by atoms with Gasteiger partial charge in [0.15, 0.2) is 11.5 Å². The van der Waals surface area contributed by atoms with Crippen LogP contribution in [0.3, 0.4) is 0 Å². The SMILES string of the molecule is FC(F)Cn1cc(CN2CCCC(c3nc4ccccc4o3)C2)cn1. The summed E-state index contributed by atoms with van der Waals surface area (Å²) < 4.78 is 32.1. The van der Waals surface area contributed by atoms with Crippen LogP contribution in [0.4, 0.5) is 8.78 Å². The molecular formula is C18H20F2N4O. The third-order valence-corrected chi connectivity index (χ3v) is 4.58. The molecule has 4 rings (SSSR count). The molecule has 0 radical (unpaired) electrons. The molecule has 7 heteroatoms. The standard InChI is InChI=1S/C18H20F2N4O/c19-17(20)12-24-10-13(8-21-24)9-23-7-3-4-14(11-23)18-22-15-5-1-2-6-16(15)25-18/h1-2,5-6,8,10,14,17H,3-4,7,9,11-12H2. The first-order valence-corrected chi connectivity index (χ1v) is 8.54. The van der Waals surface area contributed by atoms with Crippen LogP contribution in [-0.4, -0.2) is 39.2 Å². The van der Waals surface area contributed by atoms with E-state index in [1.165, 1.54) is 4.68 Å². The van der Waals surface area contributed by atoms with E-state index in [-0.39, 0.29) is 12.5 Å². The van der Waals surface area contributed by atoms with Crippen molar-refractivity contribution in [3.63, 3.8) is 0 Å². The normalized spacial score (nSPS) is 19.1. The number of piperidine rings is 1. The van der Waals surface area contributed by atoms with Crippen molar-refractivity contribution in [3.05, 3.63) is 48.1 Å². The summed E-state index contributed by atoms with van der Waals surface area (Å²) in [4.78, 5) is 6.93. The van der Waals surface area contributed by atoms with Gasteiger partial charge in [0.2, 0.25) is 0 Å². The number of hydrogen-bond acceptors (Lipinski definition) is 4. The molecule has 1 atom stereocenters. The molecular weight excluding hydrogens is 326 g/mol. The van der Waals surface area contributed by atoms with Gasteiger partial charge in [0.05, 0.1) is 6.20 Å². The van der Waals surface area contributed by atoms with E-state index in [0.717, 1.165) is 48.5 Å². The number of para-hydroxylation sites is 2. The van der Waals surface area contributed by atoms with Gasteiger partial charge in [0.1, 0.15) is 12.1 Å². The number of alkyl halides is 2. The molecule has 1 fully saturated rings. The lowest BCUT2D eigenvalue weighted by Gasteiger charge is -2.30. The van der Waals surface area contributed by atoms with E-state index in [1.807, 2.05) is 24.3 Å². The van der Waals surface area contributed by atoms with Crippen LogP contribution < -0.4 is 0 Å². The average Bonchev–Trinajstić information content (AvgIpc) is 3.21. The second kappa shape index (κ2) is 6.92. The Morgan fingerprint density at radius 3 is 3.00 bits per heavy atom. The summed E-state index contributed by atoms with van der Waals surface area (Å²) in [5.41, 5.74) is 2.67. The van der Waals surface area contributed by atoms with Gasteiger partial charge in [-0.3, -0.25) is 9.58 Å². The number of aromatic nitrogens is 3. The van der Waals surface area contributed by atoms with Crippen LogP contribution in [0.25, 0.3) is 11.1 Å². The highest BCUT2D eigenvalue weighted by Gasteiger charge is 2.25. The quantitative estimate of drug-likeness (QED) is 0.707. The Bertz CT molecular complexity index is 811. The Kier molecular flexibility index (Phi) is 4.48. The predicted molar refractivity (Wildman–Crippen MR) is 89.5 cm³/mol. The third-order valence-electron chi connectivity index (χ3n) is 4.58. The number of nitrogens with zero attached hydrogens (tertiary/aromatic N) is 4. The molecule has 0 amide bonds. The first-order valence-electron chi connectivity index (χ1n) is 8.54. The van der Waals surface area contributed by atoms with E-state index in [0.29, 0.717) is 6.54 Å². The van der Waals surface area contributed by atoms with Gasteiger partial charge in [-0.05, 0) is 31.5 Å². The molecule has 5 nitrogen and oxygen atoms in total. The van der Waals surface area contributed by atoms with E-state index in [4.69, 9.17) is 4.42 Å². The highest BCUT2D eigenvalue weighted by molar-refractivity contribution is 5.72. The molecule has 1 saturated heterocycles. The van der Waals surface area contributed by atoms with Crippen molar-refractivity contribution < 1.29 is 13.2 Å². The minimum absolute atomic E-state index is 0.261.